The number of amides is 1. The van der Waals surface area contributed by atoms with Crippen LogP contribution in [0.2, 0.25) is 0 Å². The molecule has 0 bridgehead atoms. The van der Waals surface area contributed by atoms with Crippen molar-refractivity contribution >= 4 is 11.6 Å². The van der Waals surface area contributed by atoms with Gasteiger partial charge in [-0.05, 0) is 26.0 Å². The number of carbonyl (C=O) groups is 1. The van der Waals surface area contributed by atoms with Crippen molar-refractivity contribution < 1.29 is 18.0 Å². The van der Waals surface area contributed by atoms with Gasteiger partial charge in [-0.1, -0.05) is 0 Å². The van der Waals surface area contributed by atoms with Crippen LogP contribution in [0.3, 0.4) is 0 Å². The molecule has 9 heteroatoms. The highest BCUT2D eigenvalue weighted by Gasteiger charge is 2.31. The molecule has 0 aromatic carbocycles. The van der Waals surface area contributed by atoms with Crippen molar-refractivity contribution in [3.05, 3.63) is 45.6 Å². The number of nitrogens with zero attached hydrogens (tertiary/aromatic N) is 2. The molecule has 0 saturated heterocycles. The first kappa shape index (κ1) is 16.8. The number of H-pyrrole nitrogens is 1. The van der Waals surface area contributed by atoms with Crippen molar-refractivity contribution in [3.8, 4) is 0 Å². The fourth-order valence-corrected chi connectivity index (χ4v) is 2.06. The van der Waals surface area contributed by atoms with Gasteiger partial charge < -0.3 is 10.3 Å². The lowest BCUT2D eigenvalue weighted by Gasteiger charge is -2.09. The standard InChI is InChI=1S/C14H15F3N4O2/c1-8-5-9(2)21(20-8)4-3-12(22)19-11-6-10(14(15,16)17)7-18-13(11)23/h5-7H,3-4H2,1-2H3,(H,18,23)(H,19,22). The van der Waals surface area contributed by atoms with E-state index in [-0.39, 0.29) is 13.0 Å². The summed E-state index contributed by atoms with van der Waals surface area (Å²) in [5.74, 6) is -0.567. The average molecular weight is 328 g/mol. The highest BCUT2D eigenvalue weighted by atomic mass is 19.4. The summed E-state index contributed by atoms with van der Waals surface area (Å²) in [6.45, 7) is 3.91. The van der Waals surface area contributed by atoms with Crippen LogP contribution in [0.1, 0.15) is 23.4 Å². The third-order valence-corrected chi connectivity index (χ3v) is 3.16. The molecule has 0 radical (unpaired) electrons. The molecule has 0 fully saturated rings. The van der Waals surface area contributed by atoms with Crippen molar-refractivity contribution in [1.82, 2.24) is 14.8 Å². The first-order valence-electron chi connectivity index (χ1n) is 6.77. The molecule has 0 unspecified atom stereocenters. The number of aromatic nitrogens is 3. The molecule has 2 heterocycles. The van der Waals surface area contributed by atoms with Crippen molar-refractivity contribution in [2.75, 3.05) is 5.32 Å². The van der Waals surface area contributed by atoms with Crippen molar-refractivity contribution in [3.63, 3.8) is 0 Å². The van der Waals surface area contributed by atoms with Crippen molar-refractivity contribution in [2.24, 2.45) is 0 Å². The molecule has 0 aliphatic heterocycles. The zero-order valence-electron chi connectivity index (χ0n) is 12.5. The Hall–Kier alpha value is -2.58. The minimum atomic E-state index is -4.60. The Labute approximate surface area is 129 Å². The van der Waals surface area contributed by atoms with Gasteiger partial charge in [-0.3, -0.25) is 14.3 Å². The maximum atomic E-state index is 12.6. The van der Waals surface area contributed by atoms with Gasteiger partial charge in [0.25, 0.3) is 5.56 Å². The fourth-order valence-electron chi connectivity index (χ4n) is 2.06. The molecule has 23 heavy (non-hydrogen) atoms. The van der Waals surface area contributed by atoms with E-state index < -0.39 is 28.9 Å². The predicted molar refractivity (Wildman–Crippen MR) is 77.0 cm³/mol. The molecule has 6 nitrogen and oxygen atoms in total. The van der Waals surface area contributed by atoms with Crippen LogP contribution in [0.15, 0.2) is 23.1 Å². The highest BCUT2D eigenvalue weighted by molar-refractivity contribution is 5.90. The Morgan fingerprint density at radius 3 is 2.61 bits per heavy atom. The molecule has 2 aromatic rings. The molecule has 0 spiro atoms. The summed E-state index contributed by atoms with van der Waals surface area (Å²) >= 11 is 0. The van der Waals surface area contributed by atoms with E-state index in [1.165, 1.54) is 0 Å². The Morgan fingerprint density at radius 2 is 2.04 bits per heavy atom. The van der Waals surface area contributed by atoms with Crippen LogP contribution in [0.4, 0.5) is 18.9 Å². The Bertz CT molecular complexity index is 777. The lowest BCUT2D eigenvalue weighted by molar-refractivity contribution is -0.137. The number of alkyl halides is 3. The van der Waals surface area contributed by atoms with E-state index in [4.69, 9.17) is 0 Å². The number of anilines is 1. The van der Waals surface area contributed by atoms with Gasteiger partial charge in [0.05, 0.1) is 11.3 Å². The number of hydrogen-bond donors (Lipinski definition) is 2. The molecule has 0 atom stereocenters. The van der Waals surface area contributed by atoms with Crippen molar-refractivity contribution in [2.45, 2.75) is 33.0 Å². The van der Waals surface area contributed by atoms with Gasteiger partial charge in [0.1, 0.15) is 5.69 Å². The molecule has 0 aliphatic rings. The molecule has 2 N–H and O–H groups in total. The Morgan fingerprint density at radius 1 is 1.35 bits per heavy atom. The van der Waals surface area contributed by atoms with Crippen molar-refractivity contribution in [1.29, 1.82) is 0 Å². The fraction of sp³-hybridized carbons (Fsp3) is 0.357. The molecular formula is C14H15F3N4O2. The maximum Gasteiger partial charge on any atom is 0.417 e. The van der Waals surface area contributed by atoms with Crippen LogP contribution < -0.4 is 10.9 Å². The minimum absolute atomic E-state index is 0.0162. The van der Waals surface area contributed by atoms with Crippen LogP contribution in [0, 0.1) is 13.8 Å². The highest BCUT2D eigenvalue weighted by Crippen LogP contribution is 2.29. The number of halogens is 3. The van der Waals surface area contributed by atoms with E-state index in [9.17, 15) is 22.8 Å². The molecule has 1 amide bonds. The summed E-state index contributed by atoms with van der Waals surface area (Å²) in [6.07, 6.45) is -4.06. The van der Waals surface area contributed by atoms with Crippen LogP contribution in [0.25, 0.3) is 0 Å². The van der Waals surface area contributed by atoms with Gasteiger partial charge in [0, 0.05) is 24.9 Å². The number of rotatable bonds is 4. The van der Waals surface area contributed by atoms with Gasteiger partial charge in [0.15, 0.2) is 0 Å². The summed E-state index contributed by atoms with van der Waals surface area (Å²) in [5.41, 5.74) is -0.592. The first-order valence-corrected chi connectivity index (χ1v) is 6.77. The molecule has 2 rings (SSSR count). The quantitative estimate of drug-likeness (QED) is 0.903. The molecule has 0 saturated carbocycles. The van der Waals surface area contributed by atoms with Crippen LogP contribution in [-0.4, -0.2) is 20.7 Å². The SMILES string of the molecule is Cc1cc(C)n(CCC(=O)Nc2cc(C(F)(F)F)c[nH]c2=O)n1. The third kappa shape index (κ3) is 4.21. The zero-order chi connectivity index (χ0) is 17.2. The monoisotopic (exact) mass is 328 g/mol. The maximum absolute atomic E-state index is 12.6. The predicted octanol–water partition coefficient (Wildman–Crippen LogP) is 2.24. The van der Waals surface area contributed by atoms with E-state index in [1.807, 2.05) is 24.9 Å². The van der Waals surface area contributed by atoms with Crippen LogP contribution in [-0.2, 0) is 17.5 Å². The smallest absolute Gasteiger partial charge is 0.327 e. The Balaban J connectivity index is 2.05. The molecular weight excluding hydrogens is 313 g/mol. The average Bonchev–Trinajstić information content (AvgIpc) is 2.76. The number of hydrogen-bond acceptors (Lipinski definition) is 3. The summed E-state index contributed by atoms with van der Waals surface area (Å²) in [7, 11) is 0. The van der Waals surface area contributed by atoms with Crippen LogP contribution >= 0.6 is 0 Å². The third-order valence-electron chi connectivity index (χ3n) is 3.16. The molecule has 124 valence electrons. The normalized spacial score (nSPS) is 11.5. The van der Waals surface area contributed by atoms with Gasteiger partial charge >= 0.3 is 6.18 Å². The number of aromatic amines is 1. The van der Waals surface area contributed by atoms with Gasteiger partial charge in [-0.15, -0.1) is 0 Å². The van der Waals surface area contributed by atoms with E-state index >= 15 is 0 Å². The number of carbonyl (C=O) groups excluding carboxylic acids is 1. The zero-order valence-corrected chi connectivity index (χ0v) is 12.5. The van der Waals surface area contributed by atoms with E-state index in [0.29, 0.717) is 12.3 Å². The number of aryl methyl sites for hydroxylation is 3. The molecule has 0 aliphatic carbocycles. The number of pyridine rings is 1. The van der Waals surface area contributed by atoms with E-state index in [2.05, 4.69) is 10.4 Å². The lowest BCUT2D eigenvalue weighted by Crippen LogP contribution is -2.22. The summed E-state index contributed by atoms with van der Waals surface area (Å²) < 4.78 is 39.4. The summed E-state index contributed by atoms with van der Waals surface area (Å²) in [5, 5.41) is 6.37. The Kier molecular flexibility index (Phi) is 4.57. The van der Waals surface area contributed by atoms with Crippen LogP contribution in [0.5, 0.6) is 0 Å². The lowest BCUT2D eigenvalue weighted by atomic mass is 10.2. The summed E-state index contributed by atoms with van der Waals surface area (Å²) in [4.78, 5) is 25.3. The van der Waals surface area contributed by atoms with E-state index in [1.54, 1.807) is 4.68 Å². The second kappa shape index (κ2) is 6.27. The second-order valence-corrected chi connectivity index (χ2v) is 5.08. The van der Waals surface area contributed by atoms with Gasteiger partial charge in [-0.25, -0.2) is 0 Å². The molecule has 2 aromatic heterocycles. The minimum Gasteiger partial charge on any atom is -0.327 e. The summed E-state index contributed by atoms with van der Waals surface area (Å²) in [6, 6.07) is 2.45. The first-order chi connectivity index (χ1) is 10.7. The largest absolute Gasteiger partial charge is 0.417 e. The number of nitrogens with one attached hydrogen (secondary N) is 2. The van der Waals surface area contributed by atoms with Gasteiger partial charge in [-0.2, -0.15) is 18.3 Å². The second-order valence-electron chi connectivity index (χ2n) is 5.08. The van der Waals surface area contributed by atoms with Gasteiger partial charge in [0.2, 0.25) is 5.91 Å². The van der Waals surface area contributed by atoms with E-state index in [0.717, 1.165) is 11.4 Å². The topological polar surface area (TPSA) is 79.8 Å².